The Morgan fingerprint density at radius 1 is 1.21 bits per heavy atom. The molecule has 38 heavy (non-hydrogen) atoms. The maximum atomic E-state index is 14.4. The number of halogens is 5. The van der Waals surface area contributed by atoms with Crippen molar-refractivity contribution in [1.82, 2.24) is 19.7 Å². The summed E-state index contributed by atoms with van der Waals surface area (Å²) >= 11 is 6.26. The van der Waals surface area contributed by atoms with E-state index >= 15 is 0 Å². The van der Waals surface area contributed by atoms with Gasteiger partial charge in [-0.1, -0.05) is 18.5 Å². The molecule has 3 heterocycles. The number of aromatic nitrogens is 4. The molecule has 11 heteroatoms. The predicted octanol–water partition coefficient (Wildman–Crippen LogP) is 7.10. The number of aromatic amines is 1. The Hall–Kier alpha value is -3.11. The number of hydrogen-bond acceptors (Lipinski definition) is 4. The van der Waals surface area contributed by atoms with Gasteiger partial charge >= 0.3 is 6.18 Å². The lowest BCUT2D eigenvalue weighted by Crippen LogP contribution is -2.22. The van der Waals surface area contributed by atoms with Crippen LogP contribution in [0.15, 0.2) is 36.8 Å². The van der Waals surface area contributed by atoms with E-state index in [2.05, 4.69) is 15.1 Å². The highest BCUT2D eigenvalue weighted by Gasteiger charge is 2.31. The van der Waals surface area contributed by atoms with Gasteiger partial charge in [-0.2, -0.15) is 18.3 Å². The third-order valence-electron chi connectivity index (χ3n) is 7.31. The third-order valence-corrected chi connectivity index (χ3v) is 7.70. The minimum absolute atomic E-state index is 0.130. The van der Waals surface area contributed by atoms with Gasteiger partial charge in [-0.15, -0.1) is 0 Å². The smallest absolute Gasteiger partial charge is 0.422 e. The van der Waals surface area contributed by atoms with E-state index in [4.69, 9.17) is 16.3 Å². The second kappa shape index (κ2) is 10.2. The summed E-state index contributed by atoms with van der Waals surface area (Å²) < 4.78 is 60.0. The summed E-state index contributed by atoms with van der Waals surface area (Å²) in [6.45, 7) is 2.21. The van der Waals surface area contributed by atoms with Crippen molar-refractivity contribution in [3.05, 3.63) is 64.5 Å². The molecule has 1 aromatic carbocycles. The van der Waals surface area contributed by atoms with E-state index < -0.39 is 24.5 Å². The molecule has 1 atom stereocenters. The number of H-pyrrole nitrogens is 1. The zero-order valence-electron chi connectivity index (χ0n) is 20.8. The Bertz CT molecular complexity index is 1460. The standard InChI is InChI=1S/C27H27ClF4N4O2/c1-14(24-23(38-13-27(30,31)32)8-7-22(29)25(24)28)20-11-34-26-19(20)9-16(10-33-26)21-12-35-36(15(21)2)17-3-5-18(37)6-4-17/h7-12,14,17-18,37H,3-6,13H2,1-2H3,(H,33,34)/t14-,17-,18-/m0/s1. The lowest BCUT2D eigenvalue weighted by molar-refractivity contribution is -0.153. The molecule has 0 radical (unpaired) electrons. The second-order valence-electron chi connectivity index (χ2n) is 9.81. The summed E-state index contributed by atoms with van der Waals surface area (Å²) in [6, 6.07) is 4.32. The minimum Gasteiger partial charge on any atom is -0.484 e. The van der Waals surface area contributed by atoms with Crippen LogP contribution in [0.4, 0.5) is 17.6 Å². The number of rotatable bonds is 6. The highest BCUT2D eigenvalue weighted by atomic mass is 35.5. The topological polar surface area (TPSA) is 76.0 Å². The van der Waals surface area contributed by atoms with Gasteiger partial charge in [-0.05, 0) is 56.4 Å². The lowest BCUT2D eigenvalue weighted by Gasteiger charge is -2.26. The monoisotopic (exact) mass is 550 g/mol. The number of pyridine rings is 1. The van der Waals surface area contributed by atoms with Crippen molar-refractivity contribution in [2.45, 2.75) is 63.8 Å². The van der Waals surface area contributed by atoms with Gasteiger partial charge in [0.1, 0.15) is 17.2 Å². The molecule has 2 N–H and O–H groups in total. The van der Waals surface area contributed by atoms with Gasteiger partial charge in [0, 0.05) is 46.1 Å². The minimum atomic E-state index is -4.55. The number of ether oxygens (including phenoxy) is 1. The summed E-state index contributed by atoms with van der Waals surface area (Å²) in [5.74, 6) is -1.48. The highest BCUT2D eigenvalue weighted by molar-refractivity contribution is 6.31. The molecule has 1 aliphatic rings. The summed E-state index contributed by atoms with van der Waals surface area (Å²) in [7, 11) is 0. The molecule has 0 bridgehead atoms. The third kappa shape index (κ3) is 5.11. The zero-order valence-corrected chi connectivity index (χ0v) is 21.6. The van der Waals surface area contributed by atoms with Gasteiger partial charge < -0.3 is 14.8 Å². The van der Waals surface area contributed by atoms with Crippen LogP contribution in [-0.4, -0.2) is 43.7 Å². The molecule has 3 aromatic heterocycles. The molecular formula is C27H27ClF4N4O2. The zero-order chi connectivity index (χ0) is 27.2. The van der Waals surface area contributed by atoms with Crippen molar-refractivity contribution in [2.75, 3.05) is 6.61 Å². The molecule has 6 nitrogen and oxygen atoms in total. The van der Waals surface area contributed by atoms with E-state index in [1.165, 1.54) is 6.07 Å². The number of fused-ring (bicyclic) bond motifs is 1. The molecule has 0 saturated heterocycles. The number of aliphatic hydroxyl groups excluding tert-OH is 1. The Kier molecular flexibility index (Phi) is 7.13. The Morgan fingerprint density at radius 3 is 2.66 bits per heavy atom. The van der Waals surface area contributed by atoms with E-state index in [0.29, 0.717) is 11.2 Å². The molecule has 1 fully saturated rings. The average Bonchev–Trinajstić information content (AvgIpc) is 3.47. The Labute approximate surface area is 221 Å². The van der Waals surface area contributed by atoms with Crippen molar-refractivity contribution < 1.29 is 27.4 Å². The fourth-order valence-corrected chi connectivity index (χ4v) is 5.62. The molecule has 0 amide bonds. The number of nitrogens with zero attached hydrogens (tertiary/aromatic N) is 3. The normalized spacial score (nSPS) is 19.2. The maximum Gasteiger partial charge on any atom is 0.422 e. The lowest BCUT2D eigenvalue weighted by atomic mass is 9.91. The SMILES string of the molecule is Cc1c(-c2cnc3[nH]cc([C@H](C)c4c(OCC(F)(F)F)ccc(F)c4Cl)c3c2)cnn1[C@H]1CC[C@H](O)CC1. The molecule has 5 rings (SSSR count). The first-order valence-corrected chi connectivity index (χ1v) is 12.8. The first-order chi connectivity index (χ1) is 18.0. The molecule has 0 spiro atoms. The number of alkyl halides is 3. The average molecular weight is 551 g/mol. The van der Waals surface area contributed by atoms with Gasteiger partial charge in [-0.3, -0.25) is 4.68 Å². The van der Waals surface area contributed by atoms with Crippen LogP contribution in [0.2, 0.25) is 5.02 Å². The van der Waals surface area contributed by atoms with Crippen LogP contribution in [-0.2, 0) is 0 Å². The first kappa shape index (κ1) is 26.5. The van der Waals surface area contributed by atoms with Crippen LogP contribution >= 0.6 is 11.6 Å². The van der Waals surface area contributed by atoms with Crippen LogP contribution in [0.5, 0.6) is 5.75 Å². The van der Waals surface area contributed by atoms with E-state index in [1.807, 2.05) is 17.7 Å². The van der Waals surface area contributed by atoms with Gasteiger partial charge in [0.2, 0.25) is 0 Å². The van der Waals surface area contributed by atoms with Crippen molar-refractivity contribution in [2.24, 2.45) is 0 Å². The fourth-order valence-electron chi connectivity index (χ4n) is 5.30. The van der Waals surface area contributed by atoms with Crippen LogP contribution in [0, 0.1) is 12.7 Å². The fraction of sp³-hybridized carbons (Fsp3) is 0.407. The predicted molar refractivity (Wildman–Crippen MR) is 136 cm³/mol. The van der Waals surface area contributed by atoms with E-state index in [1.54, 1.807) is 25.5 Å². The van der Waals surface area contributed by atoms with Crippen molar-refractivity contribution in [3.63, 3.8) is 0 Å². The summed E-state index contributed by atoms with van der Waals surface area (Å²) in [5.41, 5.74) is 4.10. The Morgan fingerprint density at radius 2 is 1.95 bits per heavy atom. The number of benzene rings is 1. The quantitative estimate of drug-likeness (QED) is 0.251. The van der Waals surface area contributed by atoms with Crippen LogP contribution in [0.1, 0.15) is 61.4 Å². The molecule has 202 valence electrons. The number of nitrogens with one attached hydrogen (secondary N) is 1. The molecular weight excluding hydrogens is 524 g/mol. The van der Waals surface area contributed by atoms with E-state index in [9.17, 15) is 22.7 Å². The van der Waals surface area contributed by atoms with Crippen molar-refractivity contribution >= 4 is 22.6 Å². The van der Waals surface area contributed by atoms with E-state index in [-0.39, 0.29) is 28.5 Å². The Balaban J connectivity index is 1.51. The first-order valence-electron chi connectivity index (χ1n) is 12.4. The molecule has 1 saturated carbocycles. The van der Waals surface area contributed by atoms with Crippen LogP contribution in [0.3, 0.4) is 0 Å². The van der Waals surface area contributed by atoms with Crippen LogP contribution < -0.4 is 4.74 Å². The van der Waals surface area contributed by atoms with E-state index in [0.717, 1.165) is 54.0 Å². The number of hydrogen-bond donors (Lipinski definition) is 2. The largest absolute Gasteiger partial charge is 0.484 e. The van der Waals surface area contributed by atoms with Gasteiger partial charge in [-0.25, -0.2) is 9.37 Å². The van der Waals surface area contributed by atoms with Gasteiger partial charge in [0.05, 0.1) is 23.4 Å². The summed E-state index contributed by atoms with van der Waals surface area (Å²) in [4.78, 5) is 7.64. The number of aliphatic hydroxyl groups is 1. The second-order valence-corrected chi connectivity index (χ2v) is 10.2. The highest BCUT2D eigenvalue weighted by Crippen LogP contribution is 2.42. The molecule has 1 aliphatic carbocycles. The molecule has 0 aliphatic heterocycles. The van der Waals surface area contributed by atoms with Crippen molar-refractivity contribution in [3.8, 4) is 16.9 Å². The summed E-state index contributed by atoms with van der Waals surface area (Å²) in [5, 5.41) is 14.9. The van der Waals surface area contributed by atoms with Gasteiger partial charge in [0.15, 0.2) is 6.61 Å². The summed E-state index contributed by atoms with van der Waals surface area (Å²) in [6.07, 6.45) is 3.62. The molecule has 0 unspecified atom stereocenters. The molecule has 4 aromatic rings. The van der Waals surface area contributed by atoms with Crippen molar-refractivity contribution in [1.29, 1.82) is 0 Å². The van der Waals surface area contributed by atoms with Gasteiger partial charge in [0.25, 0.3) is 0 Å². The maximum absolute atomic E-state index is 14.4. The van der Waals surface area contributed by atoms with Crippen LogP contribution in [0.25, 0.3) is 22.2 Å².